The zero-order valence-corrected chi connectivity index (χ0v) is 8.29. The van der Waals surface area contributed by atoms with Crippen molar-refractivity contribution in [2.24, 2.45) is 0 Å². The summed E-state index contributed by atoms with van der Waals surface area (Å²) in [5, 5.41) is -0.697. The number of carbonyl (C=O) groups is 1. The molecular formula is C11H6ClFO2. The molecule has 0 fully saturated rings. The Morgan fingerprint density at radius 1 is 1.20 bits per heavy atom. The van der Waals surface area contributed by atoms with Gasteiger partial charge in [0.05, 0.1) is 5.56 Å². The Kier molecular flexibility index (Phi) is 2.56. The van der Waals surface area contributed by atoms with Crippen LogP contribution in [0.1, 0.15) is 10.6 Å². The van der Waals surface area contributed by atoms with Crippen LogP contribution >= 0.6 is 11.6 Å². The number of hydrogen-bond acceptors (Lipinski definition) is 2. The van der Waals surface area contributed by atoms with Crippen molar-refractivity contribution in [2.75, 3.05) is 0 Å². The molecule has 0 atom stereocenters. The van der Waals surface area contributed by atoms with Crippen LogP contribution in [0.25, 0.3) is 11.3 Å². The van der Waals surface area contributed by atoms with Crippen LogP contribution in [0.15, 0.2) is 40.8 Å². The maximum atomic E-state index is 13.3. The zero-order valence-electron chi connectivity index (χ0n) is 7.54. The highest BCUT2D eigenvalue weighted by molar-refractivity contribution is 6.67. The predicted octanol–water partition coefficient (Wildman–Crippen LogP) is 3.46. The van der Waals surface area contributed by atoms with E-state index in [0.29, 0.717) is 5.56 Å². The van der Waals surface area contributed by atoms with Crippen LogP contribution in [-0.4, -0.2) is 5.24 Å². The first-order chi connectivity index (χ1) is 7.18. The number of benzene rings is 1. The van der Waals surface area contributed by atoms with Gasteiger partial charge in [0.2, 0.25) is 0 Å². The minimum Gasteiger partial charge on any atom is -0.452 e. The van der Waals surface area contributed by atoms with E-state index >= 15 is 0 Å². The third kappa shape index (κ3) is 1.92. The third-order valence-electron chi connectivity index (χ3n) is 1.94. The summed E-state index contributed by atoms with van der Waals surface area (Å²) in [7, 11) is 0. The SMILES string of the molecule is O=C(Cl)c1ccc(-c2ccccc2F)o1. The molecule has 76 valence electrons. The summed E-state index contributed by atoms with van der Waals surface area (Å²) in [6, 6.07) is 9.07. The van der Waals surface area contributed by atoms with Crippen molar-refractivity contribution in [3.8, 4) is 11.3 Å². The predicted molar refractivity (Wildman–Crippen MR) is 54.3 cm³/mol. The van der Waals surface area contributed by atoms with Gasteiger partial charge in [-0.05, 0) is 35.9 Å². The molecule has 0 aliphatic carbocycles. The van der Waals surface area contributed by atoms with E-state index < -0.39 is 11.1 Å². The standard InChI is InChI=1S/C11H6ClFO2/c12-11(14)10-6-5-9(15-10)7-3-1-2-4-8(7)13/h1-6H. The second-order valence-corrected chi connectivity index (χ2v) is 3.26. The van der Waals surface area contributed by atoms with Crippen molar-refractivity contribution in [3.05, 3.63) is 48.0 Å². The lowest BCUT2D eigenvalue weighted by atomic mass is 10.1. The fourth-order valence-electron chi connectivity index (χ4n) is 1.25. The summed E-state index contributed by atoms with van der Waals surface area (Å²) in [5.74, 6) is -0.104. The Morgan fingerprint density at radius 2 is 1.93 bits per heavy atom. The molecule has 0 aliphatic heterocycles. The van der Waals surface area contributed by atoms with Gasteiger partial charge < -0.3 is 4.42 Å². The summed E-state index contributed by atoms with van der Waals surface area (Å²) < 4.78 is 18.4. The van der Waals surface area contributed by atoms with Crippen LogP contribution in [0.5, 0.6) is 0 Å². The normalized spacial score (nSPS) is 10.3. The van der Waals surface area contributed by atoms with Gasteiger partial charge in [0, 0.05) is 0 Å². The maximum absolute atomic E-state index is 13.3. The van der Waals surface area contributed by atoms with Gasteiger partial charge in [-0.1, -0.05) is 12.1 Å². The van der Waals surface area contributed by atoms with Crippen LogP contribution < -0.4 is 0 Å². The molecule has 1 heterocycles. The lowest BCUT2D eigenvalue weighted by Crippen LogP contribution is -1.83. The largest absolute Gasteiger partial charge is 0.452 e. The fraction of sp³-hybridized carbons (Fsp3) is 0. The van der Waals surface area contributed by atoms with Crippen LogP contribution in [-0.2, 0) is 0 Å². The van der Waals surface area contributed by atoms with Crippen molar-refractivity contribution < 1.29 is 13.6 Å². The molecule has 0 unspecified atom stereocenters. The fourth-order valence-corrected chi connectivity index (χ4v) is 1.35. The molecule has 0 aliphatic rings. The Morgan fingerprint density at radius 3 is 2.53 bits per heavy atom. The second-order valence-electron chi connectivity index (χ2n) is 2.92. The molecule has 1 aromatic heterocycles. The van der Waals surface area contributed by atoms with E-state index in [1.54, 1.807) is 18.2 Å². The Labute approximate surface area is 90.3 Å². The molecule has 0 saturated heterocycles. The second kappa shape index (κ2) is 3.87. The highest BCUT2D eigenvalue weighted by atomic mass is 35.5. The first kappa shape index (κ1) is 9.93. The summed E-state index contributed by atoms with van der Waals surface area (Å²) >= 11 is 5.22. The molecule has 4 heteroatoms. The van der Waals surface area contributed by atoms with Gasteiger partial charge in [0.1, 0.15) is 11.6 Å². The van der Waals surface area contributed by atoms with E-state index in [4.69, 9.17) is 16.0 Å². The van der Waals surface area contributed by atoms with E-state index in [1.165, 1.54) is 18.2 Å². The summed E-state index contributed by atoms with van der Waals surface area (Å²) in [4.78, 5) is 10.8. The highest BCUT2D eigenvalue weighted by Gasteiger charge is 2.11. The van der Waals surface area contributed by atoms with Crippen molar-refractivity contribution in [1.82, 2.24) is 0 Å². The lowest BCUT2D eigenvalue weighted by Gasteiger charge is -1.97. The van der Waals surface area contributed by atoms with Gasteiger partial charge in [-0.25, -0.2) is 4.39 Å². The Bertz CT molecular complexity index is 505. The highest BCUT2D eigenvalue weighted by Crippen LogP contribution is 2.25. The number of hydrogen-bond donors (Lipinski definition) is 0. The molecule has 0 bridgehead atoms. The molecule has 2 aromatic rings. The topological polar surface area (TPSA) is 30.2 Å². The number of halogens is 2. The van der Waals surface area contributed by atoms with Gasteiger partial charge in [-0.3, -0.25) is 4.79 Å². The summed E-state index contributed by atoms with van der Waals surface area (Å²) in [6.07, 6.45) is 0. The summed E-state index contributed by atoms with van der Waals surface area (Å²) in [5.41, 5.74) is 0.307. The number of furan rings is 1. The van der Waals surface area contributed by atoms with E-state index in [-0.39, 0.29) is 11.5 Å². The van der Waals surface area contributed by atoms with Crippen LogP contribution in [0.2, 0.25) is 0 Å². The van der Waals surface area contributed by atoms with E-state index in [9.17, 15) is 9.18 Å². The summed E-state index contributed by atoms with van der Waals surface area (Å²) in [6.45, 7) is 0. The van der Waals surface area contributed by atoms with Gasteiger partial charge in [0.15, 0.2) is 5.76 Å². The quantitative estimate of drug-likeness (QED) is 0.732. The van der Waals surface area contributed by atoms with E-state index in [2.05, 4.69) is 0 Å². The first-order valence-corrected chi connectivity index (χ1v) is 4.61. The molecule has 0 spiro atoms. The molecule has 2 rings (SSSR count). The van der Waals surface area contributed by atoms with Gasteiger partial charge in [-0.2, -0.15) is 0 Å². The average molecular weight is 225 g/mol. The van der Waals surface area contributed by atoms with Crippen molar-refractivity contribution in [1.29, 1.82) is 0 Å². The van der Waals surface area contributed by atoms with Crippen molar-refractivity contribution in [2.45, 2.75) is 0 Å². The van der Waals surface area contributed by atoms with E-state index in [1.807, 2.05) is 0 Å². The smallest absolute Gasteiger partial charge is 0.287 e. The molecule has 2 nitrogen and oxygen atoms in total. The number of carbonyl (C=O) groups excluding carboxylic acids is 1. The van der Waals surface area contributed by atoms with Gasteiger partial charge >= 0.3 is 0 Å². The average Bonchev–Trinajstić information content (AvgIpc) is 2.67. The monoisotopic (exact) mass is 224 g/mol. The maximum Gasteiger partial charge on any atom is 0.287 e. The molecule has 0 N–H and O–H groups in total. The van der Waals surface area contributed by atoms with Crippen molar-refractivity contribution in [3.63, 3.8) is 0 Å². The minimum absolute atomic E-state index is 0.00918. The number of rotatable bonds is 2. The third-order valence-corrected chi connectivity index (χ3v) is 2.13. The molecular weight excluding hydrogens is 219 g/mol. The molecule has 1 aromatic carbocycles. The molecule has 0 amide bonds. The molecule has 0 radical (unpaired) electrons. The van der Waals surface area contributed by atoms with Gasteiger partial charge in [0.25, 0.3) is 5.24 Å². The van der Waals surface area contributed by atoms with E-state index in [0.717, 1.165) is 0 Å². The molecule has 15 heavy (non-hydrogen) atoms. The lowest BCUT2D eigenvalue weighted by molar-refractivity contribution is 0.105. The Hall–Kier alpha value is -1.61. The molecule has 0 saturated carbocycles. The van der Waals surface area contributed by atoms with Crippen LogP contribution in [0.4, 0.5) is 4.39 Å². The van der Waals surface area contributed by atoms with Gasteiger partial charge in [-0.15, -0.1) is 0 Å². The Balaban J connectivity index is 2.46. The minimum atomic E-state index is -0.697. The van der Waals surface area contributed by atoms with Crippen LogP contribution in [0.3, 0.4) is 0 Å². The first-order valence-electron chi connectivity index (χ1n) is 4.23. The van der Waals surface area contributed by atoms with Crippen LogP contribution in [0, 0.1) is 5.82 Å². The van der Waals surface area contributed by atoms with Crippen molar-refractivity contribution >= 4 is 16.8 Å². The zero-order chi connectivity index (χ0) is 10.8.